The van der Waals surface area contributed by atoms with E-state index in [0.717, 1.165) is 5.56 Å². The van der Waals surface area contributed by atoms with E-state index in [0.29, 0.717) is 23.0 Å². The smallest absolute Gasteiger partial charge is 0.341 e. The van der Waals surface area contributed by atoms with Crippen molar-refractivity contribution in [3.05, 3.63) is 54.1 Å². The zero-order valence-electron chi connectivity index (χ0n) is 14.9. The van der Waals surface area contributed by atoms with Crippen LogP contribution in [0.5, 0.6) is 5.75 Å². The molecule has 0 saturated carbocycles. The van der Waals surface area contributed by atoms with E-state index in [1.807, 2.05) is 24.3 Å². The number of nitrogens with zero attached hydrogens (tertiary/aromatic N) is 2. The summed E-state index contributed by atoms with van der Waals surface area (Å²) < 4.78 is 10.7. The lowest BCUT2D eigenvalue weighted by atomic mass is 9.87. The maximum absolute atomic E-state index is 10.7. The third kappa shape index (κ3) is 3.91. The van der Waals surface area contributed by atoms with Crippen molar-refractivity contribution >= 4 is 5.97 Å². The summed E-state index contributed by atoms with van der Waals surface area (Å²) >= 11 is 0. The molecular weight excluding hydrogens is 332 g/mol. The van der Waals surface area contributed by atoms with Crippen LogP contribution in [0.25, 0.3) is 22.8 Å². The second kappa shape index (κ2) is 7.00. The Bertz CT molecular complexity index is 908. The van der Waals surface area contributed by atoms with Gasteiger partial charge in [0.15, 0.2) is 6.61 Å². The van der Waals surface area contributed by atoms with Gasteiger partial charge in [-0.2, -0.15) is 4.98 Å². The Morgan fingerprint density at radius 2 is 1.81 bits per heavy atom. The molecule has 0 bridgehead atoms. The van der Waals surface area contributed by atoms with Crippen LogP contribution in [-0.4, -0.2) is 27.8 Å². The number of ether oxygens (including phenoxy) is 1. The minimum atomic E-state index is -1.05. The normalized spacial score (nSPS) is 11.3. The van der Waals surface area contributed by atoms with Crippen molar-refractivity contribution in [3.8, 4) is 28.6 Å². The second-order valence-corrected chi connectivity index (χ2v) is 6.93. The summed E-state index contributed by atoms with van der Waals surface area (Å²) in [6.07, 6.45) is 0. The number of aliphatic carboxylic acids is 1. The van der Waals surface area contributed by atoms with Crippen LogP contribution in [0.4, 0.5) is 0 Å². The Balaban J connectivity index is 1.88. The van der Waals surface area contributed by atoms with Gasteiger partial charge in [0.1, 0.15) is 5.75 Å². The number of para-hydroxylation sites is 1. The van der Waals surface area contributed by atoms with Crippen molar-refractivity contribution in [3.63, 3.8) is 0 Å². The molecule has 0 atom stereocenters. The Morgan fingerprint density at radius 3 is 2.46 bits per heavy atom. The first kappa shape index (κ1) is 17.7. The molecule has 0 spiro atoms. The summed E-state index contributed by atoms with van der Waals surface area (Å²) in [7, 11) is 0. The summed E-state index contributed by atoms with van der Waals surface area (Å²) in [6, 6.07) is 15.0. The molecule has 0 aliphatic carbocycles. The van der Waals surface area contributed by atoms with E-state index in [2.05, 4.69) is 30.9 Å². The molecule has 6 nitrogen and oxygen atoms in total. The maximum atomic E-state index is 10.7. The predicted octanol–water partition coefficient (Wildman–Crippen LogP) is 4.16. The lowest BCUT2D eigenvalue weighted by Gasteiger charge is -2.18. The van der Waals surface area contributed by atoms with Crippen LogP contribution in [0.15, 0.2) is 53.1 Å². The minimum absolute atomic E-state index is 0.0684. The van der Waals surface area contributed by atoms with Crippen LogP contribution < -0.4 is 4.74 Å². The van der Waals surface area contributed by atoms with Gasteiger partial charge in [-0.1, -0.05) is 50.2 Å². The molecule has 0 unspecified atom stereocenters. The van der Waals surface area contributed by atoms with Gasteiger partial charge in [0.25, 0.3) is 5.89 Å². The molecule has 2 aromatic carbocycles. The fraction of sp³-hybridized carbons (Fsp3) is 0.250. The molecule has 3 rings (SSSR count). The summed E-state index contributed by atoms with van der Waals surface area (Å²) in [6.45, 7) is 6.03. The predicted molar refractivity (Wildman–Crippen MR) is 97.0 cm³/mol. The summed E-state index contributed by atoms with van der Waals surface area (Å²) in [5, 5.41) is 12.8. The Kier molecular flexibility index (Phi) is 4.75. The number of aromatic nitrogens is 2. The maximum Gasteiger partial charge on any atom is 0.341 e. The first-order chi connectivity index (χ1) is 12.3. The third-order valence-corrected chi connectivity index (χ3v) is 3.90. The molecule has 0 aliphatic rings. The van der Waals surface area contributed by atoms with Gasteiger partial charge in [-0.05, 0) is 35.2 Å². The molecule has 1 aromatic heterocycles. The van der Waals surface area contributed by atoms with E-state index in [-0.39, 0.29) is 5.41 Å². The fourth-order valence-electron chi connectivity index (χ4n) is 2.48. The van der Waals surface area contributed by atoms with Crippen LogP contribution in [-0.2, 0) is 10.2 Å². The van der Waals surface area contributed by atoms with Gasteiger partial charge in [0.2, 0.25) is 5.82 Å². The average Bonchev–Trinajstić information content (AvgIpc) is 3.09. The van der Waals surface area contributed by atoms with Gasteiger partial charge < -0.3 is 14.4 Å². The van der Waals surface area contributed by atoms with Crippen molar-refractivity contribution in [2.45, 2.75) is 26.2 Å². The third-order valence-electron chi connectivity index (χ3n) is 3.90. The lowest BCUT2D eigenvalue weighted by molar-refractivity contribution is -0.139. The van der Waals surface area contributed by atoms with Crippen molar-refractivity contribution in [1.82, 2.24) is 10.1 Å². The van der Waals surface area contributed by atoms with Crippen molar-refractivity contribution in [2.24, 2.45) is 0 Å². The number of hydrogen-bond donors (Lipinski definition) is 1. The molecule has 0 fully saturated rings. The number of carboxylic acid groups (broad SMARTS) is 1. The summed E-state index contributed by atoms with van der Waals surface area (Å²) in [5.41, 5.74) is 2.68. The van der Waals surface area contributed by atoms with Crippen LogP contribution in [0.2, 0.25) is 0 Å². The average molecular weight is 352 g/mol. The van der Waals surface area contributed by atoms with Crippen molar-refractivity contribution < 1.29 is 19.2 Å². The molecule has 1 heterocycles. The van der Waals surface area contributed by atoms with Gasteiger partial charge in [-0.25, -0.2) is 4.79 Å². The highest BCUT2D eigenvalue weighted by atomic mass is 16.5. The number of carbonyl (C=O) groups is 1. The van der Waals surface area contributed by atoms with Crippen molar-refractivity contribution in [2.75, 3.05) is 6.61 Å². The zero-order chi connectivity index (χ0) is 18.7. The van der Waals surface area contributed by atoms with Crippen LogP contribution >= 0.6 is 0 Å². The standard InChI is InChI=1S/C20H20N2O4/c1-20(2,3)14-10-8-13(9-11-14)19-21-18(22-26-19)15-6-4-5-7-16(15)25-12-17(23)24/h4-11H,12H2,1-3H3,(H,23,24). The first-order valence-corrected chi connectivity index (χ1v) is 8.23. The molecule has 1 N–H and O–H groups in total. The number of benzene rings is 2. The van der Waals surface area contributed by atoms with Crippen LogP contribution in [0.1, 0.15) is 26.3 Å². The van der Waals surface area contributed by atoms with Gasteiger partial charge in [0.05, 0.1) is 5.56 Å². The topological polar surface area (TPSA) is 85.5 Å². The molecular formula is C20H20N2O4. The molecule has 0 saturated heterocycles. The highest BCUT2D eigenvalue weighted by molar-refractivity contribution is 5.70. The Morgan fingerprint density at radius 1 is 1.12 bits per heavy atom. The molecule has 0 radical (unpaired) electrons. The molecule has 134 valence electrons. The van der Waals surface area contributed by atoms with E-state index < -0.39 is 12.6 Å². The number of rotatable bonds is 5. The van der Waals surface area contributed by atoms with E-state index in [4.69, 9.17) is 14.4 Å². The lowest BCUT2D eigenvalue weighted by Crippen LogP contribution is -2.10. The quantitative estimate of drug-likeness (QED) is 0.742. The summed E-state index contributed by atoms with van der Waals surface area (Å²) in [4.78, 5) is 15.2. The Labute approximate surface area is 151 Å². The number of hydrogen-bond acceptors (Lipinski definition) is 5. The highest BCUT2D eigenvalue weighted by Crippen LogP contribution is 2.30. The minimum Gasteiger partial charge on any atom is -0.481 e. The van der Waals surface area contributed by atoms with E-state index >= 15 is 0 Å². The molecule has 6 heteroatoms. The highest BCUT2D eigenvalue weighted by Gasteiger charge is 2.17. The van der Waals surface area contributed by atoms with Gasteiger partial charge in [-0.3, -0.25) is 0 Å². The second-order valence-electron chi connectivity index (χ2n) is 6.93. The van der Waals surface area contributed by atoms with Crippen molar-refractivity contribution in [1.29, 1.82) is 0 Å². The zero-order valence-corrected chi connectivity index (χ0v) is 14.9. The van der Waals surface area contributed by atoms with Crippen LogP contribution in [0.3, 0.4) is 0 Å². The van der Waals surface area contributed by atoms with E-state index in [1.165, 1.54) is 5.56 Å². The fourth-order valence-corrected chi connectivity index (χ4v) is 2.48. The van der Waals surface area contributed by atoms with Gasteiger partial charge in [-0.15, -0.1) is 0 Å². The molecule has 0 aliphatic heterocycles. The van der Waals surface area contributed by atoms with Gasteiger partial charge >= 0.3 is 5.97 Å². The van der Waals surface area contributed by atoms with Gasteiger partial charge in [0, 0.05) is 5.56 Å². The van der Waals surface area contributed by atoms with Crippen LogP contribution in [0, 0.1) is 0 Å². The first-order valence-electron chi connectivity index (χ1n) is 8.23. The molecule has 0 amide bonds. The SMILES string of the molecule is CC(C)(C)c1ccc(-c2nc(-c3ccccc3OCC(=O)O)no2)cc1. The van der Waals surface area contributed by atoms with E-state index in [9.17, 15) is 4.79 Å². The molecule has 26 heavy (non-hydrogen) atoms. The van der Waals surface area contributed by atoms with E-state index in [1.54, 1.807) is 24.3 Å². The number of carboxylic acids is 1. The Hall–Kier alpha value is -3.15. The summed E-state index contributed by atoms with van der Waals surface area (Å²) in [5.74, 6) is 0.0901. The molecule has 3 aromatic rings. The monoisotopic (exact) mass is 352 g/mol. The largest absolute Gasteiger partial charge is 0.481 e.